The number of nitrogen functional groups attached to an aromatic ring is 1. The SMILES string of the molecule is CCOC(C1CCN(c2nc(N)nc3scc(-c4ccccc4)c23)CC1)C1CCCN1. The number of hydrogen-bond donors (Lipinski definition) is 2. The second-order valence-corrected chi connectivity index (χ2v) is 9.41. The standard InChI is InChI=1S/C24H31N5OS/c1-2-30-21(19-9-6-12-26-19)17-10-13-29(14-11-17)22-20-18(16-7-4-3-5-8-16)15-31-23(20)28-24(25)27-22/h3-5,7-8,15,17,19,21,26H,2,6,9-14H2,1H3,(H2,25,27,28). The van der Waals surface area contributed by atoms with Crippen LogP contribution >= 0.6 is 11.3 Å². The average molecular weight is 438 g/mol. The maximum atomic E-state index is 6.24. The van der Waals surface area contributed by atoms with Crippen LogP contribution in [0.15, 0.2) is 35.7 Å². The highest BCUT2D eigenvalue weighted by Crippen LogP contribution is 2.40. The van der Waals surface area contributed by atoms with E-state index in [4.69, 9.17) is 15.5 Å². The molecule has 5 rings (SSSR count). The first-order valence-corrected chi connectivity index (χ1v) is 12.3. The molecule has 0 spiro atoms. The van der Waals surface area contributed by atoms with Gasteiger partial charge in [-0.15, -0.1) is 11.3 Å². The van der Waals surface area contributed by atoms with Crippen LogP contribution in [0.5, 0.6) is 0 Å². The smallest absolute Gasteiger partial charge is 0.223 e. The van der Waals surface area contributed by atoms with E-state index in [1.54, 1.807) is 11.3 Å². The van der Waals surface area contributed by atoms with Gasteiger partial charge in [-0.3, -0.25) is 0 Å². The van der Waals surface area contributed by atoms with E-state index in [0.29, 0.717) is 24.0 Å². The fraction of sp³-hybridized carbons (Fsp3) is 0.500. The summed E-state index contributed by atoms with van der Waals surface area (Å²) >= 11 is 1.64. The molecule has 2 atom stereocenters. The molecular formula is C24H31N5OS. The van der Waals surface area contributed by atoms with Crippen LogP contribution in [0.25, 0.3) is 21.3 Å². The van der Waals surface area contributed by atoms with Crippen LogP contribution in [0.1, 0.15) is 32.6 Å². The molecule has 0 radical (unpaired) electrons. The number of nitrogens with one attached hydrogen (secondary N) is 1. The number of benzene rings is 1. The molecule has 0 bridgehead atoms. The number of rotatable bonds is 6. The fourth-order valence-corrected chi connectivity index (χ4v) is 6.15. The van der Waals surface area contributed by atoms with Crippen molar-refractivity contribution in [2.45, 2.75) is 44.8 Å². The van der Waals surface area contributed by atoms with Gasteiger partial charge in [0.05, 0.1) is 11.5 Å². The first-order chi connectivity index (χ1) is 15.2. The number of fused-ring (bicyclic) bond motifs is 1. The van der Waals surface area contributed by atoms with Crippen molar-refractivity contribution < 1.29 is 4.74 Å². The lowest BCUT2D eigenvalue weighted by Crippen LogP contribution is -2.46. The molecule has 0 saturated carbocycles. The highest BCUT2D eigenvalue weighted by Gasteiger charge is 2.35. The summed E-state index contributed by atoms with van der Waals surface area (Å²) in [5.41, 5.74) is 8.50. The van der Waals surface area contributed by atoms with Crippen LogP contribution in [0.2, 0.25) is 0 Å². The van der Waals surface area contributed by atoms with Crippen LogP contribution in [-0.4, -0.2) is 48.4 Å². The summed E-state index contributed by atoms with van der Waals surface area (Å²) in [6, 6.07) is 11.0. The fourth-order valence-electron chi connectivity index (χ4n) is 5.20. The number of anilines is 2. The van der Waals surface area contributed by atoms with Gasteiger partial charge in [-0.1, -0.05) is 30.3 Å². The van der Waals surface area contributed by atoms with Gasteiger partial charge in [-0.05, 0) is 50.6 Å². The summed E-state index contributed by atoms with van der Waals surface area (Å²) in [5, 5.41) is 6.97. The molecule has 2 saturated heterocycles. The van der Waals surface area contributed by atoms with Crippen LogP contribution in [0.4, 0.5) is 11.8 Å². The van der Waals surface area contributed by atoms with Crippen LogP contribution in [-0.2, 0) is 4.74 Å². The molecule has 2 fully saturated rings. The number of nitrogens with two attached hydrogens (primary N) is 1. The molecule has 164 valence electrons. The van der Waals surface area contributed by atoms with Crippen molar-refractivity contribution in [2.24, 2.45) is 5.92 Å². The Balaban J connectivity index is 1.41. The molecule has 2 aliphatic rings. The van der Waals surface area contributed by atoms with Gasteiger partial charge in [0.2, 0.25) is 5.95 Å². The lowest BCUT2D eigenvalue weighted by atomic mass is 9.86. The van der Waals surface area contributed by atoms with Crippen molar-refractivity contribution in [3.8, 4) is 11.1 Å². The Hall–Kier alpha value is -2.22. The zero-order chi connectivity index (χ0) is 21.2. The molecule has 2 unspecified atom stereocenters. The van der Waals surface area contributed by atoms with Crippen LogP contribution < -0.4 is 16.0 Å². The second-order valence-electron chi connectivity index (χ2n) is 8.55. The van der Waals surface area contributed by atoms with Crippen molar-refractivity contribution >= 4 is 33.3 Å². The van der Waals surface area contributed by atoms with E-state index in [1.807, 2.05) is 6.07 Å². The zero-order valence-corrected chi connectivity index (χ0v) is 18.9. The van der Waals surface area contributed by atoms with E-state index in [-0.39, 0.29) is 0 Å². The van der Waals surface area contributed by atoms with E-state index in [2.05, 4.69) is 51.8 Å². The second kappa shape index (κ2) is 9.10. The average Bonchev–Trinajstić information content (AvgIpc) is 3.48. The third kappa shape index (κ3) is 4.14. The van der Waals surface area contributed by atoms with Crippen LogP contribution in [0.3, 0.4) is 0 Å². The van der Waals surface area contributed by atoms with Gasteiger partial charge < -0.3 is 20.7 Å². The van der Waals surface area contributed by atoms with Gasteiger partial charge in [0.15, 0.2) is 0 Å². The van der Waals surface area contributed by atoms with Gasteiger partial charge in [0.25, 0.3) is 0 Å². The molecule has 6 nitrogen and oxygen atoms in total. The predicted octanol–water partition coefficient (Wildman–Crippen LogP) is 4.31. The van der Waals surface area contributed by atoms with Gasteiger partial charge in [-0.2, -0.15) is 4.98 Å². The molecule has 31 heavy (non-hydrogen) atoms. The Morgan fingerprint density at radius 1 is 1.19 bits per heavy atom. The summed E-state index contributed by atoms with van der Waals surface area (Å²) in [5.74, 6) is 1.92. The Morgan fingerprint density at radius 3 is 2.71 bits per heavy atom. The minimum Gasteiger partial charge on any atom is -0.377 e. The molecule has 7 heteroatoms. The lowest BCUT2D eigenvalue weighted by Gasteiger charge is -2.38. The summed E-state index contributed by atoms with van der Waals surface area (Å²) in [6.07, 6.45) is 5.01. The van der Waals surface area contributed by atoms with Gasteiger partial charge >= 0.3 is 0 Å². The highest BCUT2D eigenvalue weighted by atomic mass is 32.1. The minimum absolute atomic E-state index is 0.311. The molecule has 3 aromatic rings. The van der Waals surface area contributed by atoms with E-state index in [1.165, 1.54) is 24.0 Å². The van der Waals surface area contributed by atoms with E-state index >= 15 is 0 Å². The van der Waals surface area contributed by atoms with E-state index < -0.39 is 0 Å². The number of thiophene rings is 1. The maximum absolute atomic E-state index is 6.24. The summed E-state index contributed by atoms with van der Waals surface area (Å²) in [7, 11) is 0. The number of nitrogens with zero attached hydrogens (tertiary/aromatic N) is 3. The zero-order valence-electron chi connectivity index (χ0n) is 18.1. The summed E-state index contributed by atoms with van der Waals surface area (Å²) in [6.45, 7) is 5.94. The number of piperidine rings is 1. The lowest BCUT2D eigenvalue weighted by molar-refractivity contribution is -0.00955. The third-order valence-corrected chi connectivity index (χ3v) is 7.55. The molecule has 4 heterocycles. The molecule has 0 aliphatic carbocycles. The summed E-state index contributed by atoms with van der Waals surface area (Å²) in [4.78, 5) is 12.6. The van der Waals surface area contributed by atoms with E-state index in [9.17, 15) is 0 Å². The number of hydrogen-bond acceptors (Lipinski definition) is 7. The normalized spacial score (nSPS) is 21.1. The molecular weight excluding hydrogens is 406 g/mol. The van der Waals surface area contributed by atoms with Gasteiger partial charge in [0, 0.05) is 36.7 Å². The first kappa shape index (κ1) is 20.7. The maximum Gasteiger partial charge on any atom is 0.223 e. The first-order valence-electron chi connectivity index (χ1n) is 11.4. The molecule has 3 N–H and O–H groups in total. The van der Waals surface area contributed by atoms with Crippen molar-refractivity contribution in [3.63, 3.8) is 0 Å². The Morgan fingerprint density at radius 2 is 2.00 bits per heavy atom. The van der Waals surface area contributed by atoms with Crippen LogP contribution in [0, 0.1) is 5.92 Å². The summed E-state index contributed by atoms with van der Waals surface area (Å²) < 4.78 is 6.24. The monoisotopic (exact) mass is 437 g/mol. The highest BCUT2D eigenvalue weighted by molar-refractivity contribution is 7.17. The van der Waals surface area contributed by atoms with Gasteiger partial charge in [-0.25, -0.2) is 4.98 Å². The Labute approximate surface area is 187 Å². The Bertz CT molecular complexity index is 1010. The van der Waals surface area contributed by atoms with E-state index in [0.717, 1.165) is 55.1 Å². The topological polar surface area (TPSA) is 76.3 Å². The number of aromatic nitrogens is 2. The van der Waals surface area contributed by atoms with Gasteiger partial charge in [0.1, 0.15) is 10.6 Å². The quantitative estimate of drug-likeness (QED) is 0.598. The Kier molecular flexibility index (Phi) is 6.07. The predicted molar refractivity (Wildman–Crippen MR) is 129 cm³/mol. The minimum atomic E-state index is 0.311. The van der Waals surface area contributed by atoms with Crippen molar-refractivity contribution in [3.05, 3.63) is 35.7 Å². The van der Waals surface area contributed by atoms with Crippen molar-refractivity contribution in [1.82, 2.24) is 15.3 Å². The van der Waals surface area contributed by atoms with Crippen molar-refractivity contribution in [1.29, 1.82) is 0 Å². The third-order valence-electron chi connectivity index (χ3n) is 6.67. The largest absolute Gasteiger partial charge is 0.377 e. The molecule has 0 amide bonds. The van der Waals surface area contributed by atoms with Crippen molar-refractivity contribution in [2.75, 3.05) is 36.9 Å². The number of ether oxygens (including phenoxy) is 1. The molecule has 1 aromatic carbocycles. The molecule has 2 aliphatic heterocycles. The molecule has 2 aromatic heterocycles.